The minimum absolute atomic E-state index is 0.0828. The Bertz CT molecular complexity index is 640. The molecule has 5 heteroatoms. The van der Waals surface area contributed by atoms with Crippen LogP contribution in [-0.4, -0.2) is 19.6 Å². The third-order valence-corrected chi connectivity index (χ3v) is 6.20. The average molecular weight is 413 g/mol. The van der Waals surface area contributed by atoms with Crippen molar-refractivity contribution in [2.24, 2.45) is 5.92 Å². The van der Waals surface area contributed by atoms with Gasteiger partial charge in [0, 0.05) is 0 Å². The molecule has 1 N–H and O–H groups in total. The van der Waals surface area contributed by atoms with E-state index in [1.165, 1.54) is 89.2 Å². The molecule has 0 aliphatic carbocycles. The van der Waals surface area contributed by atoms with E-state index in [9.17, 15) is 8.42 Å². The second-order valence-electron chi connectivity index (χ2n) is 7.99. The Kier molecular flexibility index (Phi) is 12.5. The summed E-state index contributed by atoms with van der Waals surface area (Å²) in [7, 11) is -4.17. The van der Waals surface area contributed by atoms with Gasteiger partial charge in [-0.2, -0.15) is 8.42 Å². The average Bonchev–Trinajstić information content (AvgIpc) is 2.65. The van der Waals surface area contributed by atoms with Gasteiger partial charge < -0.3 is 4.74 Å². The maximum atomic E-state index is 11.3. The van der Waals surface area contributed by atoms with Gasteiger partial charge >= 0.3 is 0 Å². The first-order valence-electron chi connectivity index (χ1n) is 11.1. The van der Waals surface area contributed by atoms with Gasteiger partial charge in [0.15, 0.2) is 0 Å². The van der Waals surface area contributed by atoms with Gasteiger partial charge in [0.1, 0.15) is 5.75 Å². The molecule has 0 amide bonds. The summed E-state index contributed by atoms with van der Waals surface area (Å²) in [6.07, 6.45) is 15.3. The quantitative estimate of drug-likeness (QED) is 0.235. The Labute approximate surface area is 172 Å². The molecule has 1 atom stereocenters. The summed E-state index contributed by atoms with van der Waals surface area (Å²) in [5.74, 6) is 1.25. The highest BCUT2D eigenvalue weighted by molar-refractivity contribution is 7.85. The van der Waals surface area contributed by atoms with Gasteiger partial charge in [-0.25, -0.2) is 0 Å². The smallest absolute Gasteiger partial charge is 0.294 e. The fourth-order valence-corrected chi connectivity index (χ4v) is 4.10. The molecule has 0 saturated heterocycles. The van der Waals surface area contributed by atoms with Crippen molar-refractivity contribution in [1.29, 1.82) is 0 Å². The van der Waals surface area contributed by atoms with Gasteiger partial charge in [-0.15, -0.1) is 0 Å². The largest absolute Gasteiger partial charge is 0.493 e. The van der Waals surface area contributed by atoms with Crippen LogP contribution in [0, 0.1) is 12.8 Å². The lowest BCUT2D eigenvalue weighted by molar-refractivity contribution is 0.223. The minimum Gasteiger partial charge on any atom is -0.493 e. The second kappa shape index (κ2) is 14.0. The van der Waals surface area contributed by atoms with E-state index in [1.54, 1.807) is 6.07 Å². The number of hydrogen-bond donors (Lipinski definition) is 1. The zero-order valence-electron chi connectivity index (χ0n) is 18.1. The third-order valence-electron chi connectivity index (χ3n) is 5.35. The molecular weight excluding hydrogens is 372 g/mol. The maximum Gasteiger partial charge on any atom is 0.294 e. The van der Waals surface area contributed by atoms with Crippen molar-refractivity contribution >= 4 is 10.1 Å². The molecule has 0 aliphatic heterocycles. The first-order chi connectivity index (χ1) is 13.4. The van der Waals surface area contributed by atoms with E-state index in [4.69, 9.17) is 9.29 Å². The molecule has 1 aromatic rings. The van der Waals surface area contributed by atoms with E-state index in [-0.39, 0.29) is 4.90 Å². The molecule has 0 spiro atoms. The molecule has 0 aliphatic rings. The lowest BCUT2D eigenvalue weighted by atomic mass is 9.95. The van der Waals surface area contributed by atoms with Crippen LogP contribution in [0.1, 0.15) is 96.5 Å². The molecule has 0 heterocycles. The molecule has 0 aromatic heterocycles. The standard InChI is InChI=1S/C23H40O4S/c1-4-6-8-10-11-13-15-21(14-12-9-7-5-2)19-27-23-17-16-22(18-20(23)3)28(24,25)26/h16-18,21H,4-15,19H2,1-3H3,(H,24,25,26). The summed E-state index contributed by atoms with van der Waals surface area (Å²) >= 11 is 0. The Morgan fingerprint density at radius 1 is 0.893 bits per heavy atom. The fraction of sp³-hybridized carbons (Fsp3) is 0.739. The summed E-state index contributed by atoms with van der Waals surface area (Å²) in [6.45, 7) is 6.96. The van der Waals surface area contributed by atoms with Crippen molar-refractivity contribution in [2.45, 2.75) is 103 Å². The van der Waals surface area contributed by atoms with Crippen LogP contribution >= 0.6 is 0 Å². The summed E-state index contributed by atoms with van der Waals surface area (Å²) < 4.78 is 37.7. The van der Waals surface area contributed by atoms with Crippen molar-refractivity contribution < 1.29 is 17.7 Å². The monoisotopic (exact) mass is 412 g/mol. The van der Waals surface area contributed by atoms with Gasteiger partial charge in [0.25, 0.3) is 10.1 Å². The normalized spacial score (nSPS) is 12.9. The predicted octanol–water partition coefficient (Wildman–Crippen LogP) is 6.96. The number of hydrogen-bond acceptors (Lipinski definition) is 3. The van der Waals surface area contributed by atoms with Crippen molar-refractivity contribution in [3.8, 4) is 5.75 Å². The van der Waals surface area contributed by atoms with E-state index < -0.39 is 10.1 Å². The summed E-state index contributed by atoms with van der Waals surface area (Å²) in [5, 5.41) is 0. The molecule has 1 rings (SSSR count). The Balaban J connectivity index is 2.54. The topological polar surface area (TPSA) is 63.6 Å². The van der Waals surface area contributed by atoms with Crippen molar-refractivity contribution in [3.05, 3.63) is 23.8 Å². The highest BCUT2D eigenvalue weighted by Crippen LogP contribution is 2.25. The number of ether oxygens (including phenoxy) is 1. The van der Waals surface area contributed by atoms with E-state index in [1.807, 2.05) is 6.92 Å². The Morgan fingerprint density at radius 3 is 1.96 bits per heavy atom. The van der Waals surface area contributed by atoms with E-state index in [2.05, 4.69) is 13.8 Å². The van der Waals surface area contributed by atoms with Gasteiger partial charge in [-0.05, 0) is 49.4 Å². The highest BCUT2D eigenvalue weighted by atomic mass is 32.2. The molecule has 1 unspecified atom stereocenters. The van der Waals surface area contributed by atoms with Crippen LogP contribution in [-0.2, 0) is 10.1 Å². The molecule has 4 nitrogen and oxygen atoms in total. The van der Waals surface area contributed by atoms with E-state index in [0.29, 0.717) is 18.3 Å². The zero-order chi connectivity index (χ0) is 20.8. The van der Waals surface area contributed by atoms with Crippen LogP contribution in [0.2, 0.25) is 0 Å². The lowest BCUT2D eigenvalue weighted by Crippen LogP contribution is -2.13. The van der Waals surface area contributed by atoms with E-state index >= 15 is 0 Å². The van der Waals surface area contributed by atoms with Gasteiger partial charge in [-0.3, -0.25) is 4.55 Å². The minimum atomic E-state index is -4.17. The van der Waals surface area contributed by atoms with Crippen molar-refractivity contribution in [3.63, 3.8) is 0 Å². The lowest BCUT2D eigenvalue weighted by Gasteiger charge is -2.19. The van der Waals surface area contributed by atoms with E-state index in [0.717, 1.165) is 5.56 Å². The van der Waals surface area contributed by atoms with Crippen molar-refractivity contribution in [1.82, 2.24) is 0 Å². The first kappa shape index (κ1) is 25.0. The SMILES string of the molecule is CCCCCCCCC(CCCCCC)COc1ccc(S(=O)(=O)O)cc1C. The van der Waals surface area contributed by atoms with Crippen LogP contribution in [0.25, 0.3) is 0 Å². The number of benzene rings is 1. The summed E-state index contributed by atoms with van der Waals surface area (Å²) in [4.78, 5) is -0.0828. The maximum absolute atomic E-state index is 11.3. The van der Waals surface area contributed by atoms with Crippen LogP contribution in [0.15, 0.2) is 23.1 Å². The molecule has 0 bridgehead atoms. The molecule has 0 radical (unpaired) electrons. The third kappa shape index (κ3) is 10.5. The van der Waals surface area contributed by atoms with Crippen LogP contribution < -0.4 is 4.74 Å². The number of aryl methyl sites for hydroxylation is 1. The Morgan fingerprint density at radius 2 is 1.43 bits per heavy atom. The molecule has 1 aromatic carbocycles. The summed E-state index contributed by atoms with van der Waals surface area (Å²) in [5.41, 5.74) is 0.736. The number of rotatable bonds is 16. The first-order valence-corrected chi connectivity index (χ1v) is 12.5. The summed E-state index contributed by atoms with van der Waals surface area (Å²) in [6, 6.07) is 4.52. The van der Waals surface area contributed by atoms with Gasteiger partial charge in [0.05, 0.1) is 11.5 Å². The number of unbranched alkanes of at least 4 members (excludes halogenated alkanes) is 8. The molecule has 0 saturated carbocycles. The Hall–Kier alpha value is -1.07. The molecular formula is C23H40O4S. The van der Waals surface area contributed by atoms with Gasteiger partial charge in [-0.1, -0.05) is 78.1 Å². The van der Waals surface area contributed by atoms with Crippen molar-refractivity contribution in [2.75, 3.05) is 6.61 Å². The second-order valence-corrected chi connectivity index (χ2v) is 9.41. The molecule has 0 fully saturated rings. The predicted molar refractivity (Wildman–Crippen MR) is 117 cm³/mol. The van der Waals surface area contributed by atoms with Crippen LogP contribution in [0.3, 0.4) is 0 Å². The molecule has 162 valence electrons. The van der Waals surface area contributed by atoms with Crippen LogP contribution in [0.4, 0.5) is 0 Å². The van der Waals surface area contributed by atoms with Crippen LogP contribution in [0.5, 0.6) is 5.75 Å². The highest BCUT2D eigenvalue weighted by Gasteiger charge is 2.14. The molecule has 28 heavy (non-hydrogen) atoms. The fourth-order valence-electron chi connectivity index (χ4n) is 3.54. The zero-order valence-corrected chi connectivity index (χ0v) is 18.9. The van der Waals surface area contributed by atoms with Gasteiger partial charge in [0.2, 0.25) is 0 Å².